The van der Waals surface area contributed by atoms with Crippen molar-refractivity contribution in [1.29, 1.82) is 0 Å². The van der Waals surface area contributed by atoms with Crippen molar-refractivity contribution in [3.63, 3.8) is 0 Å². The molecule has 12 heavy (non-hydrogen) atoms. The van der Waals surface area contributed by atoms with E-state index in [1.54, 1.807) is 0 Å². The molecule has 0 unspecified atom stereocenters. The monoisotopic (exact) mass is 164 g/mol. The Morgan fingerprint density at radius 3 is 3.08 bits per heavy atom. The smallest absolute Gasteiger partial charge is 0.200 e. The maximum Gasteiger partial charge on any atom is 0.200 e. The highest BCUT2D eigenvalue weighted by atomic mass is 16.1. The van der Waals surface area contributed by atoms with Gasteiger partial charge in [-0.05, 0) is 13.0 Å². The molecule has 1 aliphatic rings. The number of hydrogen-bond donors (Lipinski definition) is 2. The molecule has 0 aliphatic carbocycles. The first-order valence-corrected chi connectivity index (χ1v) is 4.13. The number of piperidine rings is 1. The molecule has 1 aliphatic heterocycles. The van der Waals surface area contributed by atoms with Gasteiger partial charge < -0.3 is 10.6 Å². The standard InChI is InChI=1S/C8H13BN2O/c1-2-6-5-10-4-3-7(6)11-8(9)12/h2,6-7,10H,1,3-5H2,(H,11,12)/t6-,7-/m0/s1. The lowest BCUT2D eigenvalue weighted by Gasteiger charge is -2.30. The lowest BCUT2D eigenvalue weighted by atomic mass is 9.92. The highest BCUT2D eigenvalue weighted by molar-refractivity contribution is 6.57. The van der Waals surface area contributed by atoms with Gasteiger partial charge in [-0.2, -0.15) is 0 Å². The SMILES string of the molecule is [B]C(=O)N[C@H]1CCNC[C@@H]1C=C. The van der Waals surface area contributed by atoms with E-state index in [4.69, 9.17) is 7.85 Å². The Kier molecular flexibility index (Phi) is 3.35. The van der Waals surface area contributed by atoms with Crippen LogP contribution in [0.25, 0.3) is 0 Å². The van der Waals surface area contributed by atoms with Gasteiger partial charge in [0, 0.05) is 18.5 Å². The maximum atomic E-state index is 10.6. The van der Waals surface area contributed by atoms with Gasteiger partial charge in [0.25, 0.3) is 0 Å². The zero-order valence-corrected chi connectivity index (χ0v) is 7.05. The van der Waals surface area contributed by atoms with E-state index in [9.17, 15) is 4.79 Å². The van der Waals surface area contributed by atoms with Crippen LogP contribution in [0.5, 0.6) is 0 Å². The van der Waals surface area contributed by atoms with Crippen molar-refractivity contribution in [3.8, 4) is 0 Å². The molecule has 0 bridgehead atoms. The second kappa shape index (κ2) is 4.31. The largest absolute Gasteiger partial charge is 0.363 e. The van der Waals surface area contributed by atoms with Crippen molar-refractivity contribution in [3.05, 3.63) is 12.7 Å². The number of rotatable bonds is 2. The molecule has 0 saturated carbocycles. The number of hydrogen-bond acceptors (Lipinski definition) is 2. The van der Waals surface area contributed by atoms with Gasteiger partial charge in [0.05, 0.1) is 0 Å². The van der Waals surface area contributed by atoms with Gasteiger partial charge in [0.15, 0.2) is 5.81 Å². The summed E-state index contributed by atoms with van der Waals surface area (Å²) in [6.07, 6.45) is 2.77. The highest BCUT2D eigenvalue weighted by Crippen LogP contribution is 2.11. The van der Waals surface area contributed by atoms with Gasteiger partial charge in [-0.1, -0.05) is 6.08 Å². The van der Waals surface area contributed by atoms with E-state index in [1.807, 2.05) is 6.08 Å². The Hall–Kier alpha value is -0.765. The number of carbonyl (C=O) groups excluding carboxylic acids is 1. The zero-order chi connectivity index (χ0) is 8.97. The number of nitrogens with one attached hydrogen (secondary N) is 2. The molecular weight excluding hydrogens is 151 g/mol. The summed E-state index contributed by atoms with van der Waals surface area (Å²) in [5, 5.41) is 5.94. The second-order valence-electron chi connectivity index (χ2n) is 3.01. The van der Waals surface area contributed by atoms with Gasteiger partial charge in [-0.15, -0.1) is 6.58 Å². The van der Waals surface area contributed by atoms with Crippen LogP contribution < -0.4 is 10.6 Å². The molecule has 2 atom stereocenters. The molecule has 64 valence electrons. The summed E-state index contributed by atoms with van der Waals surface area (Å²) in [5.41, 5.74) is 0. The Bertz CT molecular complexity index is 184. The Balaban J connectivity index is 2.46. The van der Waals surface area contributed by atoms with Crippen molar-refractivity contribution in [1.82, 2.24) is 10.6 Å². The molecule has 0 aromatic rings. The summed E-state index contributed by atoms with van der Waals surface area (Å²) in [6.45, 7) is 5.51. The van der Waals surface area contributed by atoms with Crippen LogP contribution in [0.2, 0.25) is 0 Å². The normalized spacial score (nSPS) is 29.3. The minimum Gasteiger partial charge on any atom is -0.363 e. The van der Waals surface area contributed by atoms with Crippen molar-refractivity contribution in [2.45, 2.75) is 12.5 Å². The third-order valence-electron chi connectivity index (χ3n) is 2.16. The van der Waals surface area contributed by atoms with Gasteiger partial charge in [-0.25, -0.2) is 0 Å². The molecule has 1 amide bonds. The topological polar surface area (TPSA) is 41.1 Å². The van der Waals surface area contributed by atoms with Crippen LogP contribution in [-0.2, 0) is 0 Å². The van der Waals surface area contributed by atoms with E-state index in [2.05, 4.69) is 17.2 Å². The van der Waals surface area contributed by atoms with Gasteiger partial charge in [0.1, 0.15) is 0 Å². The summed E-state index contributed by atoms with van der Waals surface area (Å²) in [7, 11) is 5.04. The first-order valence-electron chi connectivity index (χ1n) is 4.13. The predicted molar refractivity (Wildman–Crippen MR) is 49.2 cm³/mol. The first kappa shape index (κ1) is 9.32. The Labute approximate surface area is 74.0 Å². The molecular formula is C8H13BN2O. The average Bonchev–Trinajstić information content (AvgIpc) is 2.04. The Morgan fingerprint density at radius 1 is 1.75 bits per heavy atom. The minimum absolute atomic E-state index is 0.154. The molecule has 1 rings (SSSR count). The molecule has 0 aromatic carbocycles. The van der Waals surface area contributed by atoms with E-state index in [1.165, 1.54) is 0 Å². The Morgan fingerprint density at radius 2 is 2.50 bits per heavy atom. The van der Waals surface area contributed by atoms with Crippen LogP contribution in [0.15, 0.2) is 12.7 Å². The molecule has 2 radical (unpaired) electrons. The number of carbonyl (C=O) groups is 1. The fraction of sp³-hybridized carbons (Fsp3) is 0.625. The highest BCUT2D eigenvalue weighted by Gasteiger charge is 2.22. The minimum atomic E-state index is -0.450. The average molecular weight is 164 g/mol. The van der Waals surface area contributed by atoms with Gasteiger partial charge >= 0.3 is 0 Å². The molecule has 1 heterocycles. The summed E-state index contributed by atoms with van der Waals surface area (Å²) in [6, 6.07) is 0.154. The van der Waals surface area contributed by atoms with Crippen LogP contribution in [-0.4, -0.2) is 32.8 Å². The van der Waals surface area contributed by atoms with Crippen molar-refractivity contribution >= 4 is 13.7 Å². The van der Waals surface area contributed by atoms with Gasteiger partial charge in [0.2, 0.25) is 7.85 Å². The second-order valence-corrected chi connectivity index (χ2v) is 3.01. The summed E-state index contributed by atoms with van der Waals surface area (Å²) in [5.74, 6) is -0.153. The third-order valence-corrected chi connectivity index (χ3v) is 2.16. The van der Waals surface area contributed by atoms with Crippen LogP contribution in [0.4, 0.5) is 4.79 Å². The van der Waals surface area contributed by atoms with Crippen LogP contribution in [0, 0.1) is 5.92 Å². The van der Waals surface area contributed by atoms with Crippen LogP contribution >= 0.6 is 0 Å². The maximum absolute atomic E-state index is 10.6. The molecule has 1 fully saturated rings. The lowest BCUT2D eigenvalue weighted by Crippen LogP contribution is -2.48. The molecule has 0 spiro atoms. The van der Waals surface area contributed by atoms with E-state index in [0.717, 1.165) is 19.5 Å². The fourth-order valence-electron chi connectivity index (χ4n) is 1.49. The molecule has 1 saturated heterocycles. The molecule has 0 aromatic heterocycles. The fourth-order valence-corrected chi connectivity index (χ4v) is 1.49. The first-order chi connectivity index (χ1) is 5.74. The van der Waals surface area contributed by atoms with E-state index in [-0.39, 0.29) is 6.04 Å². The van der Waals surface area contributed by atoms with Crippen LogP contribution in [0.3, 0.4) is 0 Å². The molecule has 4 heteroatoms. The summed E-state index contributed by atoms with van der Waals surface area (Å²) < 4.78 is 0. The van der Waals surface area contributed by atoms with Gasteiger partial charge in [-0.3, -0.25) is 4.79 Å². The predicted octanol–water partition coefficient (Wildman–Crippen LogP) is 0.0286. The quantitative estimate of drug-likeness (QED) is 0.446. The zero-order valence-electron chi connectivity index (χ0n) is 7.05. The van der Waals surface area contributed by atoms with E-state index in [0.29, 0.717) is 5.92 Å². The van der Waals surface area contributed by atoms with Crippen LogP contribution in [0.1, 0.15) is 6.42 Å². The van der Waals surface area contributed by atoms with E-state index < -0.39 is 5.81 Å². The molecule has 2 N–H and O–H groups in total. The third kappa shape index (κ3) is 2.38. The van der Waals surface area contributed by atoms with Crippen molar-refractivity contribution in [2.24, 2.45) is 5.92 Å². The molecule has 3 nitrogen and oxygen atoms in total. The lowest BCUT2D eigenvalue weighted by molar-refractivity contribution is 0.247. The number of amides is 1. The summed E-state index contributed by atoms with van der Waals surface area (Å²) in [4.78, 5) is 10.6. The van der Waals surface area contributed by atoms with Crippen molar-refractivity contribution in [2.75, 3.05) is 13.1 Å². The van der Waals surface area contributed by atoms with Crippen molar-refractivity contribution < 1.29 is 4.79 Å². The van der Waals surface area contributed by atoms with E-state index >= 15 is 0 Å². The summed E-state index contributed by atoms with van der Waals surface area (Å²) >= 11 is 0.